The molecule has 5 rings (SSSR count). The number of hydrogen-bond acceptors (Lipinski definition) is 12. The lowest BCUT2D eigenvalue weighted by atomic mass is 9.90. The topological polar surface area (TPSA) is 159 Å². The Labute approximate surface area is 301 Å². The van der Waals surface area contributed by atoms with Gasteiger partial charge in [0.15, 0.2) is 46.0 Å². The zero-order valence-electron chi connectivity index (χ0n) is 29.2. The van der Waals surface area contributed by atoms with E-state index in [2.05, 4.69) is 0 Å². The van der Waals surface area contributed by atoms with Gasteiger partial charge in [-0.3, -0.25) is 0 Å². The molecule has 2 unspecified atom stereocenters. The number of fused-ring (bicyclic) bond motifs is 1. The SMILES string of the molecule is COc1cc(C=CC(=O)OCCCc2cc(OC)c3c(c2)C(COC(=O)C=Cc2ccc(O)c(OC)c2)C(c2ccc(O)c(OC)c2)O3)ccc1O. The first-order valence-corrected chi connectivity index (χ1v) is 16.3. The third-order valence-electron chi connectivity index (χ3n) is 8.40. The zero-order chi connectivity index (χ0) is 37.2. The Balaban J connectivity index is 1.30. The molecule has 1 heterocycles. The minimum atomic E-state index is -0.618. The highest BCUT2D eigenvalue weighted by Crippen LogP contribution is 2.52. The number of hydrogen-bond donors (Lipinski definition) is 3. The fourth-order valence-electron chi connectivity index (χ4n) is 5.74. The van der Waals surface area contributed by atoms with E-state index in [-0.39, 0.29) is 42.0 Å². The summed E-state index contributed by atoms with van der Waals surface area (Å²) in [6.07, 6.45) is 6.16. The Morgan fingerprint density at radius 2 is 1.21 bits per heavy atom. The van der Waals surface area contributed by atoms with E-state index >= 15 is 0 Å². The maximum atomic E-state index is 12.9. The number of benzene rings is 4. The Morgan fingerprint density at radius 3 is 1.79 bits per heavy atom. The lowest BCUT2D eigenvalue weighted by Gasteiger charge is -2.20. The number of carbonyl (C=O) groups is 2. The van der Waals surface area contributed by atoms with Crippen LogP contribution < -0.4 is 23.7 Å². The summed E-state index contributed by atoms with van der Waals surface area (Å²) >= 11 is 0. The number of ether oxygens (including phenoxy) is 7. The average molecular weight is 713 g/mol. The molecular formula is C40H40O12. The number of carbonyl (C=O) groups excluding carboxylic acids is 2. The van der Waals surface area contributed by atoms with Gasteiger partial charge in [-0.1, -0.05) is 24.3 Å². The van der Waals surface area contributed by atoms with Crippen molar-refractivity contribution < 1.29 is 58.1 Å². The minimum Gasteiger partial charge on any atom is -0.504 e. The van der Waals surface area contributed by atoms with E-state index < -0.39 is 24.0 Å². The van der Waals surface area contributed by atoms with Crippen LogP contribution in [0.25, 0.3) is 12.2 Å². The smallest absolute Gasteiger partial charge is 0.330 e. The maximum Gasteiger partial charge on any atom is 0.330 e. The van der Waals surface area contributed by atoms with Gasteiger partial charge in [0.1, 0.15) is 12.7 Å². The molecule has 12 nitrogen and oxygen atoms in total. The highest BCUT2D eigenvalue weighted by molar-refractivity contribution is 5.87. The molecular weight excluding hydrogens is 672 g/mol. The molecule has 12 heteroatoms. The molecule has 4 aromatic rings. The van der Waals surface area contributed by atoms with Crippen LogP contribution in [-0.4, -0.2) is 68.9 Å². The lowest BCUT2D eigenvalue weighted by Crippen LogP contribution is -2.17. The van der Waals surface area contributed by atoms with E-state index in [0.29, 0.717) is 46.8 Å². The molecule has 272 valence electrons. The highest BCUT2D eigenvalue weighted by atomic mass is 16.5. The van der Waals surface area contributed by atoms with E-state index in [4.69, 9.17) is 33.2 Å². The van der Waals surface area contributed by atoms with E-state index in [1.54, 1.807) is 48.6 Å². The van der Waals surface area contributed by atoms with Crippen LogP contribution in [0.1, 0.15) is 46.3 Å². The molecule has 0 bridgehead atoms. The van der Waals surface area contributed by atoms with Crippen LogP contribution in [0.5, 0.6) is 46.0 Å². The van der Waals surface area contributed by atoms with Crippen molar-refractivity contribution in [3.8, 4) is 46.0 Å². The second kappa shape index (κ2) is 17.1. The van der Waals surface area contributed by atoms with E-state index in [1.165, 1.54) is 58.8 Å². The second-order valence-electron chi connectivity index (χ2n) is 11.7. The van der Waals surface area contributed by atoms with Gasteiger partial charge >= 0.3 is 11.9 Å². The van der Waals surface area contributed by atoms with Crippen molar-refractivity contribution in [1.82, 2.24) is 0 Å². The Hall–Kier alpha value is -6.30. The lowest BCUT2D eigenvalue weighted by molar-refractivity contribution is -0.139. The highest BCUT2D eigenvalue weighted by Gasteiger charge is 2.39. The van der Waals surface area contributed by atoms with Crippen molar-refractivity contribution in [2.24, 2.45) is 0 Å². The summed E-state index contributed by atoms with van der Waals surface area (Å²) in [6.45, 7) is 0.112. The van der Waals surface area contributed by atoms with Gasteiger partial charge in [0.05, 0.1) is 41.0 Å². The van der Waals surface area contributed by atoms with Gasteiger partial charge < -0.3 is 48.5 Å². The van der Waals surface area contributed by atoms with Crippen LogP contribution in [0, 0.1) is 0 Å². The molecule has 0 fully saturated rings. The van der Waals surface area contributed by atoms with Gasteiger partial charge in [-0.25, -0.2) is 9.59 Å². The normalized spacial score (nSPS) is 14.8. The first-order valence-electron chi connectivity index (χ1n) is 16.3. The molecule has 0 aliphatic carbocycles. The molecule has 0 spiro atoms. The number of phenols is 3. The molecule has 1 aliphatic rings. The summed E-state index contributed by atoms with van der Waals surface area (Å²) < 4.78 is 38.9. The molecule has 4 aromatic carbocycles. The second-order valence-corrected chi connectivity index (χ2v) is 11.7. The summed E-state index contributed by atoms with van der Waals surface area (Å²) in [6, 6.07) is 18.2. The number of phenolic OH excluding ortho intramolecular Hbond substituents is 3. The Kier molecular flexibility index (Phi) is 12.1. The molecule has 1 aliphatic heterocycles. The average Bonchev–Trinajstić information content (AvgIpc) is 3.53. The number of aromatic hydroxyl groups is 3. The molecule has 0 aromatic heterocycles. The van der Waals surface area contributed by atoms with Crippen LogP contribution in [0.4, 0.5) is 0 Å². The van der Waals surface area contributed by atoms with Crippen molar-refractivity contribution in [3.05, 3.63) is 107 Å². The van der Waals surface area contributed by atoms with E-state index in [1.807, 2.05) is 12.1 Å². The predicted molar refractivity (Wildman–Crippen MR) is 191 cm³/mol. The van der Waals surface area contributed by atoms with Crippen LogP contribution in [0.2, 0.25) is 0 Å². The maximum absolute atomic E-state index is 12.9. The molecule has 0 radical (unpaired) electrons. The van der Waals surface area contributed by atoms with Gasteiger partial charge in [0.25, 0.3) is 0 Å². The minimum absolute atomic E-state index is 0.00112. The summed E-state index contributed by atoms with van der Waals surface area (Å²) in [5.74, 6) is 0.199. The number of methoxy groups -OCH3 is 4. The van der Waals surface area contributed by atoms with Gasteiger partial charge in [0, 0.05) is 17.7 Å². The van der Waals surface area contributed by atoms with Crippen LogP contribution >= 0.6 is 0 Å². The Bertz CT molecular complexity index is 1960. The summed E-state index contributed by atoms with van der Waals surface area (Å²) in [5.41, 5.74) is 3.63. The molecule has 0 saturated carbocycles. The molecule has 3 N–H and O–H groups in total. The van der Waals surface area contributed by atoms with Crippen molar-refractivity contribution in [3.63, 3.8) is 0 Å². The van der Waals surface area contributed by atoms with Crippen LogP contribution in [0.15, 0.2) is 78.9 Å². The zero-order valence-corrected chi connectivity index (χ0v) is 29.2. The fraction of sp³-hybridized carbons (Fsp3) is 0.250. The van der Waals surface area contributed by atoms with E-state index in [0.717, 1.165) is 11.1 Å². The van der Waals surface area contributed by atoms with E-state index in [9.17, 15) is 24.9 Å². The van der Waals surface area contributed by atoms with Gasteiger partial charge in [0.2, 0.25) is 0 Å². The Morgan fingerprint density at radius 1 is 0.673 bits per heavy atom. The van der Waals surface area contributed by atoms with Crippen molar-refractivity contribution >= 4 is 24.1 Å². The summed E-state index contributed by atoms with van der Waals surface area (Å²) in [5, 5.41) is 29.9. The third-order valence-corrected chi connectivity index (χ3v) is 8.40. The monoisotopic (exact) mass is 712 g/mol. The van der Waals surface area contributed by atoms with Crippen LogP contribution in [0.3, 0.4) is 0 Å². The number of esters is 2. The quantitative estimate of drug-likeness (QED) is 0.0699. The van der Waals surface area contributed by atoms with Gasteiger partial charge in [-0.2, -0.15) is 0 Å². The third kappa shape index (κ3) is 8.88. The number of aryl methyl sites for hydroxylation is 1. The molecule has 0 saturated heterocycles. The largest absolute Gasteiger partial charge is 0.504 e. The summed E-state index contributed by atoms with van der Waals surface area (Å²) in [4.78, 5) is 25.3. The van der Waals surface area contributed by atoms with Gasteiger partial charge in [-0.15, -0.1) is 0 Å². The van der Waals surface area contributed by atoms with Gasteiger partial charge in [-0.05, 0) is 89.7 Å². The van der Waals surface area contributed by atoms with Crippen molar-refractivity contribution in [2.75, 3.05) is 41.7 Å². The molecule has 2 atom stereocenters. The fourth-order valence-corrected chi connectivity index (χ4v) is 5.74. The standard InChI is InChI=1S/C40H40O12/c1-46-33-19-24(7-12-30(33)41)9-15-37(44)50-17-5-6-26-18-28-29(23-51-38(45)16-10-25-8-13-31(42)34(20-25)47-2)39(52-40(28)36(21-26)49-4)27-11-14-32(43)35(22-27)48-3/h7-16,18-22,29,39,41-43H,5-6,17,23H2,1-4H3. The predicted octanol–water partition coefficient (Wildman–Crippen LogP) is 6.50. The first kappa shape index (κ1) is 37.0. The molecule has 0 amide bonds. The van der Waals surface area contributed by atoms with Crippen LogP contribution in [-0.2, 0) is 25.5 Å². The van der Waals surface area contributed by atoms with Crippen molar-refractivity contribution in [1.29, 1.82) is 0 Å². The first-order chi connectivity index (χ1) is 25.1. The summed E-state index contributed by atoms with van der Waals surface area (Å²) in [7, 11) is 5.87. The number of rotatable bonds is 15. The van der Waals surface area contributed by atoms with Crippen molar-refractivity contribution in [2.45, 2.75) is 24.9 Å². The molecule has 52 heavy (non-hydrogen) atoms.